The van der Waals surface area contributed by atoms with Crippen molar-refractivity contribution in [3.8, 4) is 0 Å². The van der Waals surface area contributed by atoms with Crippen molar-refractivity contribution < 1.29 is 23.1 Å². The molecule has 9 heteroatoms. The molecule has 1 aliphatic heterocycles. The van der Waals surface area contributed by atoms with Crippen LogP contribution < -0.4 is 5.32 Å². The van der Waals surface area contributed by atoms with Crippen LogP contribution in [0.5, 0.6) is 0 Å². The number of hydrogen-bond donors (Lipinski definition) is 3. The van der Waals surface area contributed by atoms with Gasteiger partial charge in [0.2, 0.25) is 10.9 Å². The highest BCUT2D eigenvalue weighted by Crippen LogP contribution is 2.38. The van der Waals surface area contributed by atoms with Gasteiger partial charge in [-0.25, -0.2) is 18.0 Å². The van der Waals surface area contributed by atoms with Crippen molar-refractivity contribution in [3.63, 3.8) is 0 Å². The van der Waals surface area contributed by atoms with E-state index in [0.717, 1.165) is 55.3 Å². The number of carbonyl (C=O) groups excluding carboxylic acids is 1. The molecule has 1 saturated heterocycles. The van der Waals surface area contributed by atoms with Gasteiger partial charge in [0.25, 0.3) is 0 Å². The summed E-state index contributed by atoms with van der Waals surface area (Å²) in [7, 11) is -3.22. The van der Waals surface area contributed by atoms with Crippen LogP contribution in [-0.4, -0.2) is 46.9 Å². The van der Waals surface area contributed by atoms with Crippen molar-refractivity contribution in [2.75, 3.05) is 11.9 Å². The van der Waals surface area contributed by atoms with Crippen molar-refractivity contribution >= 4 is 28.7 Å². The van der Waals surface area contributed by atoms with Crippen molar-refractivity contribution in [2.24, 2.45) is 0 Å². The average Bonchev–Trinajstić information content (AvgIpc) is 3.40. The molecule has 0 bridgehead atoms. The predicted octanol–water partition coefficient (Wildman–Crippen LogP) is 3.07. The Labute approximate surface area is 177 Å². The molecule has 162 valence electrons. The molecule has 4 rings (SSSR count). The number of carboxylic acid groups (broad SMARTS) is 1. The van der Waals surface area contributed by atoms with E-state index in [1.54, 1.807) is 6.92 Å². The highest BCUT2D eigenvalue weighted by atomic mass is 32.2. The van der Waals surface area contributed by atoms with Crippen LogP contribution in [-0.2, 0) is 36.6 Å². The summed E-state index contributed by atoms with van der Waals surface area (Å²) in [4.78, 5) is 25.7. The van der Waals surface area contributed by atoms with E-state index in [2.05, 4.69) is 11.4 Å². The standard InChI is InChI=1S/C21H27N3O5S/c1-21(9-4-11-23(21)20(26)27)10-12-24(30(28)29)19(25)22-18-16-7-2-5-14(16)13-15-6-3-8-17(15)18/h10,12-13,30H,2-9,11H2,1H3,(H,22,25)(H,26,27)/b12-10+/t21-/m0/s1. The minimum atomic E-state index is -3.22. The number of benzene rings is 1. The third kappa shape index (κ3) is 3.66. The molecular formula is C21H27N3O5S. The Balaban J connectivity index is 1.60. The summed E-state index contributed by atoms with van der Waals surface area (Å²) in [5, 5.41) is 12.3. The van der Waals surface area contributed by atoms with Gasteiger partial charge in [-0.15, -0.1) is 0 Å². The van der Waals surface area contributed by atoms with Crippen LogP contribution in [0.2, 0.25) is 0 Å². The number of amides is 3. The van der Waals surface area contributed by atoms with Gasteiger partial charge in [-0.3, -0.25) is 4.90 Å². The smallest absolute Gasteiger partial charge is 0.407 e. The molecular weight excluding hydrogens is 406 g/mol. The van der Waals surface area contributed by atoms with Gasteiger partial charge in [0.15, 0.2) is 0 Å². The van der Waals surface area contributed by atoms with Crippen molar-refractivity contribution in [1.82, 2.24) is 9.21 Å². The Morgan fingerprint density at radius 2 is 1.77 bits per heavy atom. The number of urea groups is 1. The first kappa shape index (κ1) is 20.7. The van der Waals surface area contributed by atoms with E-state index in [-0.39, 0.29) is 0 Å². The zero-order valence-electron chi connectivity index (χ0n) is 17.0. The molecule has 3 amide bonds. The Kier molecular flexibility index (Phi) is 5.48. The molecule has 1 aromatic rings. The molecule has 1 aromatic carbocycles. The molecule has 0 aromatic heterocycles. The summed E-state index contributed by atoms with van der Waals surface area (Å²) in [6.45, 7) is 2.11. The fourth-order valence-electron chi connectivity index (χ4n) is 5.03. The van der Waals surface area contributed by atoms with Crippen LogP contribution in [0.15, 0.2) is 18.3 Å². The van der Waals surface area contributed by atoms with Crippen LogP contribution >= 0.6 is 0 Å². The van der Waals surface area contributed by atoms with Crippen LogP contribution in [0.3, 0.4) is 0 Å². The maximum Gasteiger partial charge on any atom is 0.407 e. The van der Waals surface area contributed by atoms with Gasteiger partial charge in [-0.2, -0.15) is 4.31 Å². The molecule has 8 nitrogen and oxygen atoms in total. The van der Waals surface area contributed by atoms with E-state index in [1.807, 2.05) is 0 Å². The van der Waals surface area contributed by atoms with Crippen molar-refractivity contribution in [2.45, 2.75) is 63.8 Å². The number of thiol groups is 1. The number of hydrogen-bond acceptors (Lipinski definition) is 4. The van der Waals surface area contributed by atoms with E-state index < -0.39 is 28.6 Å². The lowest BCUT2D eigenvalue weighted by Crippen LogP contribution is -2.43. The number of nitrogens with zero attached hydrogens (tertiary/aromatic N) is 2. The Morgan fingerprint density at radius 3 is 2.33 bits per heavy atom. The van der Waals surface area contributed by atoms with Gasteiger partial charge in [0, 0.05) is 18.4 Å². The molecule has 1 atom stereocenters. The number of rotatable bonds is 4. The quantitative estimate of drug-likeness (QED) is 0.633. The number of likely N-dealkylation sites (tertiary alicyclic amines) is 1. The first-order valence-corrected chi connectivity index (χ1v) is 11.5. The highest BCUT2D eigenvalue weighted by molar-refractivity contribution is 7.70. The molecule has 1 heterocycles. The SMILES string of the molecule is C[C@@]1(/C=C/N(C(=O)Nc2c3c(cc4c2CCC4)CCC3)[SH](=O)=O)CCCN1C(=O)O. The number of aryl methyl sites for hydroxylation is 2. The first-order valence-electron chi connectivity index (χ1n) is 10.4. The second-order valence-corrected chi connectivity index (χ2v) is 9.36. The average molecular weight is 434 g/mol. The van der Waals surface area contributed by atoms with E-state index in [1.165, 1.54) is 28.3 Å². The number of nitrogens with one attached hydrogen (secondary N) is 1. The molecule has 0 saturated carbocycles. The minimum Gasteiger partial charge on any atom is -0.465 e. The van der Waals surface area contributed by atoms with E-state index in [4.69, 9.17) is 0 Å². The third-order valence-electron chi connectivity index (χ3n) is 6.58. The molecule has 0 spiro atoms. The van der Waals surface area contributed by atoms with Gasteiger partial charge in [-0.1, -0.05) is 6.07 Å². The highest BCUT2D eigenvalue weighted by Gasteiger charge is 2.38. The summed E-state index contributed by atoms with van der Waals surface area (Å²) in [5.74, 6) is 0. The van der Waals surface area contributed by atoms with Crippen LogP contribution in [0.1, 0.15) is 54.9 Å². The minimum absolute atomic E-state index is 0.383. The largest absolute Gasteiger partial charge is 0.465 e. The van der Waals surface area contributed by atoms with E-state index in [9.17, 15) is 23.1 Å². The normalized spacial score (nSPS) is 22.5. The fraction of sp³-hybridized carbons (Fsp3) is 0.524. The maximum atomic E-state index is 12.9. The zero-order chi connectivity index (χ0) is 21.5. The van der Waals surface area contributed by atoms with Crippen LogP contribution in [0.25, 0.3) is 0 Å². The second kappa shape index (κ2) is 7.94. The lowest BCUT2D eigenvalue weighted by atomic mass is 9.99. The van der Waals surface area contributed by atoms with Crippen LogP contribution in [0, 0.1) is 0 Å². The molecule has 0 unspecified atom stereocenters. The lowest BCUT2D eigenvalue weighted by molar-refractivity contribution is 0.126. The van der Waals surface area contributed by atoms with Crippen molar-refractivity contribution in [1.29, 1.82) is 0 Å². The maximum absolute atomic E-state index is 12.9. The Bertz CT molecular complexity index is 963. The Morgan fingerprint density at radius 1 is 1.13 bits per heavy atom. The molecule has 2 aliphatic carbocycles. The summed E-state index contributed by atoms with van der Waals surface area (Å²) in [6, 6.07) is 1.51. The lowest BCUT2D eigenvalue weighted by Gasteiger charge is -2.30. The number of anilines is 1. The van der Waals surface area contributed by atoms with Gasteiger partial charge in [0.05, 0.1) is 5.54 Å². The summed E-state index contributed by atoms with van der Waals surface area (Å²) >= 11 is 0. The molecule has 30 heavy (non-hydrogen) atoms. The third-order valence-corrected chi connectivity index (χ3v) is 7.24. The Hall–Kier alpha value is -2.55. The van der Waals surface area contributed by atoms with Gasteiger partial charge >= 0.3 is 12.1 Å². The number of carbonyl (C=O) groups is 2. The molecule has 3 aliphatic rings. The molecule has 2 N–H and O–H groups in total. The topological polar surface area (TPSA) is 107 Å². The first-order chi connectivity index (χ1) is 14.3. The summed E-state index contributed by atoms with van der Waals surface area (Å²) in [5.41, 5.74) is 4.66. The van der Waals surface area contributed by atoms with Gasteiger partial charge in [-0.05, 0) is 86.6 Å². The van der Waals surface area contributed by atoms with Crippen molar-refractivity contribution in [3.05, 3.63) is 40.6 Å². The molecule has 0 radical (unpaired) electrons. The second-order valence-electron chi connectivity index (χ2n) is 8.46. The van der Waals surface area contributed by atoms with Gasteiger partial charge < -0.3 is 10.4 Å². The summed E-state index contributed by atoms with van der Waals surface area (Å²) in [6.07, 6.45) is 8.66. The fourth-order valence-corrected chi connectivity index (χ4v) is 5.41. The van der Waals surface area contributed by atoms with Gasteiger partial charge in [0.1, 0.15) is 0 Å². The molecule has 1 fully saturated rings. The predicted molar refractivity (Wildman–Crippen MR) is 113 cm³/mol. The van der Waals surface area contributed by atoms with Crippen LogP contribution in [0.4, 0.5) is 15.3 Å². The van der Waals surface area contributed by atoms with E-state index in [0.29, 0.717) is 23.7 Å². The van der Waals surface area contributed by atoms with E-state index >= 15 is 0 Å². The monoisotopic (exact) mass is 433 g/mol. The number of fused-ring (bicyclic) bond motifs is 2. The zero-order valence-corrected chi connectivity index (χ0v) is 17.9. The summed E-state index contributed by atoms with van der Waals surface area (Å²) < 4.78 is 24.3.